The number of methoxy groups -OCH3 is 3. The number of nitrogens with zero attached hydrogens (tertiary/aromatic N) is 3. The number of rotatable bonds is 5. The molecule has 27 heavy (non-hydrogen) atoms. The van der Waals surface area contributed by atoms with E-state index in [1.165, 1.54) is 0 Å². The molecule has 0 amide bonds. The van der Waals surface area contributed by atoms with Crippen LogP contribution in [0, 0.1) is 0 Å². The Hall–Kier alpha value is -2.58. The van der Waals surface area contributed by atoms with Crippen molar-refractivity contribution >= 4 is 32.2 Å². The van der Waals surface area contributed by atoms with Gasteiger partial charge in [-0.25, -0.2) is 0 Å². The predicted molar refractivity (Wildman–Crippen MR) is 109 cm³/mol. The van der Waals surface area contributed by atoms with Gasteiger partial charge in [0, 0.05) is 15.4 Å². The van der Waals surface area contributed by atoms with Gasteiger partial charge in [-0.15, -0.1) is 21.5 Å². The van der Waals surface area contributed by atoms with Gasteiger partial charge in [0.05, 0.1) is 27.0 Å². The number of ether oxygens (including phenoxy) is 3. The first kappa shape index (κ1) is 17.8. The van der Waals surface area contributed by atoms with Gasteiger partial charge in [0.2, 0.25) is 10.7 Å². The Labute approximate surface area is 168 Å². The topological polar surface area (TPSA) is 57.9 Å². The second-order valence-electron chi connectivity index (χ2n) is 5.68. The van der Waals surface area contributed by atoms with Crippen LogP contribution >= 0.6 is 27.3 Å². The van der Waals surface area contributed by atoms with Crippen LogP contribution in [0.15, 0.2) is 46.3 Å². The van der Waals surface area contributed by atoms with Crippen LogP contribution in [0.2, 0.25) is 0 Å². The normalized spacial score (nSPS) is 11.0. The Morgan fingerprint density at radius 2 is 1.56 bits per heavy atom. The third-order valence-electron chi connectivity index (χ3n) is 4.21. The van der Waals surface area contributed by atoms with Crippen molar-refractivity contribution < 1.29 is 14.2 Å². The highest BCUT2D eigenvalue weighted by Crippen LogP contribution is 2.41. The molecule has 2 aromatic carbocycles. The molecule has 6 nitrogen and oxygen atoms in total. The molecule has 0 aliphatic carbocycles. The smallest absolute Gasteiger partial charge is 0.216 e. The average molecular weight is 446 g/mol. The predicted octanol–water partition coefficient (Wildman–Crippen LogP) is 4.91. The molecule has 2 heterocycles. The van der Waals surface area contributed by atoms with Crippen LogP contribution < -0.4 is 14.2 Å². The van der Waals surface area contributed by atoms with Crippen molar-refractivity contribution in [2.75, 3.05) is 21.3 Å². The molecule has 0 saturated carbocycles. The molecule has 0 radical (unpaired) electrons. The van der Waals surface area contributed by atoms with Crippen molar-refractivity contribution in [1.82, 2.24) is 14.6 Å². The highest BCUT2D eigenvalue weighted by Gasteiger charge is 2.19. The number of halogens is 1. The third-order valence-corrected chi connectivity index (χ3v) is 5.56. The molecule has 0 bridgehead atoms. The van der Waals surface area contributed by atoms with E-state index in [4.69, 9.17) is 14.2 Å². The molecular formula is C19H16BrN3O3S. The van der Waals surface area contributed by atoms with E-state index < -0.39 is 0 Å². The van der Waals surface area contributed by atoms with Crippen molar-refractivity contribution in [3.8, 4) is 39.9 Å². The van der Waals surface area contributed by atoms with Crippen molar-refractivity contribution in [2.45, 2.75) is 0 Å². The fourth-order valence-electron chi connectivity index (χ4n) is 2.94. The zero-order valence-electron chi connectivity index (χ0n) is 14.9. The van der Waals surface area contributed by atoms with Crippen molar-refractivity contribution in [1.29, 1.82) is 0 Å². The molecule has 4 aromatic rings. The second-order valence-corrected chi connectivity index (χ2v) is 7.44. The summed E-state index contributed by atoms with van der Waals surface area (Å²) in [7, 11) is 4.77. The van der Waals surface area contributed by atoms with Crippen LogP contribution in [0.4, 0.5) is 0 Å². The van der Waals surface area contributed by atoms with Crippen LogP contribution in [0.1, 0.15) is 0 Å². The van der Waals surface area contributed by atoms with Crippen LogP contribution in [0.5, 0.6) is 17.2 Å². The van der Waals surface area contributed by atoms with Crippen LogP contribution in [0.3, 0.4) is 0 Å². The molecule has 0 N–H and O–H groups in total. The molecule has 0 aliphatic rings. The molecule has 2 aromatic heterocycles. The minimum absolute atomic E-state index is 0.544. The first-order valence-corrected chi connectivity index (χ1v) is 9.72. The number of thiazole rings is 1. The van der Waals surface area contributed by atoms with Gasteiger partial charge in [0.1, 0.15) is 0 Å². The molecule has 0 aliphatic heterocycles. The Morgan fingerprint density at radius 3 is 2.15 bits per heavy atom. The maximum atomic E-state index is 5.47. The molecule has 0 fully saturated rings. The minimum Gasteiger partial charge on any atom is -0.493 e. The standard InChI is InChI=1S/C19H16BrN3O3S/c1-24-15-8-12(9-16(25-2)17(15)26-3)18-21-22-19-23(18)14(10-27-19)11-4-6-13(20)7-5-11/h4-10H,1-3H3. The fourth-order valence-corrected chi connectivity index (χ4v) is 4.04. The summed E-state index contributed by atoms with van der Waals surface area (Å²) >= 11 is 5.03. The number of hydrogen-bond acceptors (Lipinski definition) is 6. The molecule has 0 saturated heterocycles. The lowest BCUT2D eigenvalue weighted by atomic mass is 10.1. The number of fused-ring (bicyclic) bond motifs is 1. The lowest BCUT2D eigenvalue weighted by Gasteiger charge is -2.13. The van der Waals surface area contributed by atoms with E-state index in [1.807, 2.05) is 28.7 Å². The second kappa shape index (κ2) is 7.21. The SMILES string of the molecule is COc1cc(-c2nnc3scc(-c4ccc(Br)cc4)n23)cc(OC)c1OC. The van der Waals surface area contributed by atoms with E-state index in [-0.39, 0.29) is 0 Å². The number of benzene rings is 2. The van der Waals surface area contributed by atoms with Crippen molar-refractivity contribution in [3.63, 3.8) is 0 Å². The minimum atomic E-state index is 0.544. The summed E-state index contributed by atoms with van der Waals surface area (Å²) in [5.74, 6) is 2.40. The van der Waals surface area contributed by atoms with E-state index in [2.05, 4.69) is 43.6 Å². The van der Waals surface area contributed by atoms with Gasteiger partial charge in [-0.1, -0.05) is 28.1 Å². The molecule has 138 valence electrons. The monoisotopic (exact) mass is 445 g/mol. The van der Waals surface area contributed by atoms with Crippen LogP contribution in [0.25, 0.3) is 27.6 Å². The Bertz CT molecular complexity index is 1080. The summed E-state index contributed by atoms with van der Waals surface area (Å²) in [5.41, 5.74) is 2.93. The molecule has 0 unspecified atom stereocenters. The average Bonchev–Trinajstić information content (AvgIpc) is 3.29. The maximum Gasteiger partial charge on any atom is 0.216 e. The fraction of sp³-hybridized carbons (Fsp3) is 0.158. The number of hydrogen-bond donors (Lipinski definition) is 0. The summed E-state index contributed by atoms with van der Waals surface area (Å²) < 4.78 is 19.4. The van der Waals surface area contributed by atoms with Gasteiger partial charge in [-0.2, -0.15) is 0 Å². The zero-order chi connectivity index (χ0) is 19.0. The van der Waals surface area contributed by atoms with Gasteiger partial charge in [0.15, 0.2) is 17.3 Å². The summed E-state index contributed by atoms with van der Waals surface area (Å²) in [5, 5.41) is 10.8. The molecule has 0 atom stereocenters. The highest BCUT2D eigenvalue weighted by atomic mass is 79.9. The third kappa shape index (κ3) is 3.04. The van der Waals surface area contributed by atoms with Gasteiger partial charge in [-0.05, 0) is 29.8 Å². The lowest BCUT2D eigenvalue weighted by Crippen LogP contribution is -1.97. The quantitative estimate of drug-likeness (QED) is 0.436. The summed E-state index contributed by atoms with van der Waals surface area (Å²) in [6, 6.07) is 11.9. The van der Waals surface area contributed by atoms with Crippen LogP contribution in [-0.2, 0) is 0 Å². The Balaban J connectivity index is 1.93. The van der Waals surface area contributed by atoms with E-state index in [9.17, 15) is 0 Å². The summed E-state index contributed by atoms with van der Waals surface area (Å²) in [6.45, 7) is 0. The summed E-state index contributed by atoms with van der Waals surface area (Å²) in [4.78, 5) is 0.816. The molecule has 4 rings (SSSR count). The van der Waals surface area contributed by atoms with E-state index in [1.54, 1.807) is 32.7 Å². The number of aromatic nitrogens is 3. The molecule has 8 heteroatoms. The lowest BCUT2D eigenvalue weighted by molar-refractivity contribution is 0.324. The first-order valence-electron chi connectivity index (χ1n) is 8.05. The van der Waals surface area contributed by atoms with E-state index in [0.29, 0.717) is 23.1 Å². The van der Waals surface area contributed by atoms with Gasteiger partial charge in [-0.3, -0.25) is 4.40 Å². The molecule has 0 spiro atoms. The van der Waals surface area contributed by atoms with Gasteiger partial charge >= 0.3 is 0 Å². The highest BCUT2D eigenvalue weighted by molar-refractivity contribution is 9.10. The summed E-state index contributed by atoms with van der Waals surface area (Å²) in [6.07, 6.45) is 0. The van der Waals surface area contributed by atoms with E-state index >= 15 is 0 Å². The van der Waals surface area contributed by atoms with Crippen molar-refractivity contribution in [2.24, 2.45) is 0 Å². The largest absolute Gasteiger partial charge is 0.493 e. The first-order chi connectivity index (χ1) is 13.2. The van der Waals surface area contributed by atoms with Crippen molar-refractivity contribution in [3.05, 3.63) is 46.3 Å². The maximum absolute atomic E-state index is 5.47. The van der Waals surface area contributed by atoms with E-state index in [0.717, 1.165) is 26.3 Å². The Morgan fingerprint density at radius 1 is 0.889 bits per heavy atom. The van der Waals surface area contributed by atoms with Crippen LogP contribution in [-0.4, -0.2) is 35.9 Å². The molecular weight excluding hydrogens is 430 g/mol. The van der Waals surface area contributed by atoms with Gasteiger partial charge < -0.3 is 14.2 Å². The van der Waals surface area contributed by atoms with Gasteiger partial charge in [0.25, 0.3) is 0 Å². The zero-order valence-corrected chi connectivity index (χ0v) is 17.3. The Kier molecular flexibility index (Phi) is 4.75.